The number of aliphatic hydroxyl groups excluding tert-OH is 1. The Labute approximate surface area is 114 Å². The van der Waals surface area contributed by atoms with Crippen molar-refractivity contribution in [1.29, 1.82) is 0 Å². The number of halogens is 1. The van der Waals surface area contributed by atoms with Gasteiger partial charge in [-0.05, 0) is 40.9 Å². The van der Waals surface area contributed by atoms with Gasteiger partial charge in [0.1, 0.15) is 12.1 Å². The first-order valence-electron chi connectivity index (χ1n) is 6.08. The normalized spacial score (nSPS) is 20.3. The van der Waals surface area contributed by atoms with Crippen LogP contribution < -0.4 is 4.90 Å². The minimum Gasteiger partial charge on any atom is -0.391 e. The van der Waals surface area contributed by atoms with E-state index in [9.17, 15) is 5.11 Å². The fourth-order valence-electron chi connectivity index (χ4n) is 2.44. The number of rotatable bonds is 1. The van der Waals surface area contributed by atoms with Gasteiger partial charge < -0.3 is 10.0 Å². The van der Waals surface area contributed by atoms with Crippen LogP contribution in [0, 0.1) is 0 Å². The number of aromatic nitrogens is 2. The third-order valence-electron chi connectivity index (χ3n) is 3.29. The van der Waals surface area contributed by atoms with Crippen LogP contribution in [0.3, 0.4) is 0 Å². The molecule has 1 N–H and O–H groups in total. The molecule has 1 aromatic carbocycles. The smallest absolute Gasteiger partial charge is 0.140 e. The molecule has 18 heavy (non-hydrogen) atoms. The predicted octanol–water partition coefficient (Wildman–Crippen LogP) is 2.35. The van der Waals surface area contributed by atoms with Crippen molar-refractivity contribution in [1.82, 2.24) is 9.97 Å². The number of anilines is 1. The Morgan fingerprint density at radius 2 is 2.22 bits per heavy atom. The van der Waals surface area contributed by atoms with Crippen LogP contribution in [0.2, 0.25) is 0 Å². The number of nitrogens with zero attached hydrogens (tertiary/aromatic N) is 3. The van der Waals surface area contributed by atoms with Crippen molar-refractivity contribution >= 4 is 32.7 Å². The summed E-state index contributed by atoms with van der Waals surface area (Å²) in [5.41, 5.74) is 0.919. The van der Waals surface area contributed by atoms with Crippen LogP contribution in [0.15, 0.2) is 29.0 Å². The monoisotopic (exact) mass is 307 g/mol. The summed E-state index contributed by atoms with van der Waals surface area (Å²) in [4.78, 5) is 10.8. The number of para-hydroxylation sites is 1. The van der Waals surface area contributed by atoms with Gasteiger partial charge >= 0.3 is 0 Å². The summed E-state index contributed by atoms with van der Waals surface area (Å²) in [6, 6.07) is 5.99. The van der Waals surface area contributed by atoms with E-state index in [1.165, 1.54) is 0 Å². The van der Waals surface area contributed by atoms with Gasteiger partial charge in [0.05, 0.1) is 11.6 Å². The Bertz CT molecular complexity index is 575. The van der Waals surface area contributed by atoms with Gasteiger partial charge in [-0.3, -0.25) is 0 Å². The first-order valence-corrected chi connectivity index (χ1v) is 6.87. The molecular formula is C13H14BrN3O. The molecule has 0 aliphatic carbocycles. The summed E-state index contributed by atoms with van der Waals surface area (Å²) < 4.78 is 0.973. The van der Waals surface area contributed by atoms with Crippen molar-refractivity contribution in [2.24, 2.45) is 0 Å². The zero-order chi connectivity index (χ0) is 12.5. The Morgan fingerprint density at radius 3 is 3.06 bits per heavy atom. The molecule has 0 amide bonds. The van der Waals surface area contributed by atoms with E-state index in [1.54, 1.807) is 6.33 Å². The Balaban J connectivity index is 2.09. The van der Waals surface area contributed by atoms with Crippen LogP contribution in [-0.4, -0.2) is 34.3 Å². The van der Waals surface area contributed by atoms with Crippen molar-refractivity contribution < 1.29 is 5.11 Å². The quantitative estimate of drug-likeness (QED) is 0.878. The Morgan fingerprint density at radius 1 is 1.33 bits per heavy atom. The van der Waals surface area contributed by atoms with Gasteiger partial charge in [0.15, 0.2) is 0 Å². The van der Waals surface area contributed by atoms with Crippen LogP contribution in [-0.2, 0) is 0 Å². The molecule has 3 rings (SSSR count). The van der Waals surface area contributed by atoms with Crippen LogP contribution in [0.1, 0.15) is 12.8 Å². The molecule has 1 aromatic heterocycles. The van der Waals surface area contributed by atoms with Crippen molar-refractivity contribution in [3.8, 4) is 0 Å². The summed E-state index contributed by atoms with van der Waals surface area (Å²) in [5.74, 6) is 0.917. The first kappa shape index (κ1) is 11.9. The average molecular weight is 308 g/mol. The van der Waals surface area contributed by atoms with Crippen LogP contribution >= 0.6 is 15.9 Å². The molecule has 1 aliphatic rings. The number of benzene rings is 1. The molecule has 5 heteroatoms. The number of β-amino-alcohol motifs (C(OH)–C–C–N with tert-alkyl or cyclic N) is 1. The molecule has 0 bridgehead atoms. The SMILES string of the molecule is O[C@H]1CCCN(c2ncnc3c(Br)cccc23)C1. The highest BCUT2D eigenvalue weighted by molar-refractivity contribution is 9.10. The van der Waals surface area contributed by atoms with E-state index in [1.807, 2.05) is 18.2 Å². The fraction of sp³-hybridized carbons (Fsp3) is 0.385. The summed E-state index contributed by atoms with van der Waals surface area (Å²) in [6.07, 6.45) is 3.21. The molecule has 0 radical (unpaired) electrons. The largest absolute Gasteiger partial charge is 0.391 e. The van der Waals surface area contributed by atoms with Crippen LogP contribution in [0.4, 0.5) is 5.82 Å². The van der Waals surface area contributed by atoms with Crippen LogP contribution in [0.25, 0.3) is 10.9 Å². The molecular weight excluding hydrogens is 294 g/mol. The minimum absolute atomic E-state index is 0.254. The number of fused-ring (bicyclic) bond motifs is 1. The standard InChI is InChI=1S/C13H14BrN3O/c14-11-5-1-4-10-12(11)15-8-16-13(10)17-6-2-3-9(18)7-17/h1,4-5,8-9,18H,2-3,6-7H2/t9-/m0/s1. The Kier molecular flexibility index (Phi) is 3.18. The van der Waals surface area contributed by atoms with E-state index in [2.05, 4.69) is 30.8 Å². The van der Waals surface area contributed by atoms with Crippen molar-refractivity contribution in [3.05, 3.63) is 29.0 Å². The second kappa shape index (κ2) is 4.82. The molecule has 0 saturated carbocycles. The maximum Gasteiger partial charge on any atom is 0.140 e. The second-order valence-corrected chi connectivity index (χ2v) is 5.43. The molecule has 0 unspecified atom stereocenters. The first-order chi connectivity index (χ1) is 8.75. The Hall–Kier alpha value is -1.20. The van der Waals surface area contributed by atoms with E-state index >= 15 is 0 Å². The molecule has 1 aliphatic heterocycles. The minimum atomic E-state index is -0.254. The lowest BCUT2D eigenvalue weighted by molar-refractivity contribution is 0.154. The van der Waals surface area contributed by atoms with Crippen molar-refractivity contribution in [2.45, 2.75) is 18.9 Å². The summed E-state index contributed by atoms with van der Waals surface area (Å²) in [7, 11) is 0. The van der Waals surface area contributed by atoms with Gasteiger partial charge in [-0.25, -0.2) is 9.97 Å². The topological polar surface area (TPSA) is 49.2 Å². The molecule has 2 heterocycles. The van der Waals surface area contributed by atoms with Gasteiger partial charge in [-0.15, -0.1) is 0 Å². The summed E-state index contributed by atoms with van der Waals surface area (Å²) in [6.45, 7) is 1.59. The maximum atomic E-state index is 9.77. The summed E-state index contributed by atoms with van der Waals surface area (Å²) >= 11 is 3.51. The molecule has 2 aromatic rings. The maximum absolute atomic E-state index is 9.77. The lowest BCUT2D eigenvalue weighted by atomic mass is 10.1. The second-order valence-electron chi connectivity index (χ2n) is 4.58. The number of hydrogen-bond acceptors (Lipinski definition) is 4. The third-order valence-corrected chi connectivity index (χ3v) is 3.93. The molecule has 1 fully saturated rings. The van der Waals surface area contributed by atoms with Gasteiger partial charge in [0.2, 0.25) is 0 Å². The average Bonchev–Trinajstić information content (AvgIpc) is 2.39. The van der Waals surface area contributed by atoms with Crippen molar-refractivity contribution in [2.75, 3.05) is 18.0 Å². The molecule has 4 nitrogen and oxygen atoms in total. The molecule has 0 spiro atoms. The van der Waals surface area contributed by atoms with Gasteiger partial charge in [-0.1, -0.05) is 6.07 Å². The highest BCUT2D eigenvalue weighted by Gasteiger charge is 2.20. The number of piperidine rings is 1. The lowest BCUT2D eigenvalue weighted by Crippen LogP contribution is -2.38. The predicted molar refractivity (Wildman–Crippen MR) is 74.7 cm³/mol. The van der Waals surface area contributed by atoms with E-state index in [4.69, 9.17) is 0 Å². The van der Waals surface area contributed by atoms with E-state index in [0.717, 1.165) is 40.6 Å². The van der Waals surface area contributed by atoms with Crippen molar-refractivity contribution in [3.63, 3.8) is 0 Å². The fourth-order valence-corrected chi connectivity index (χ4v) is 2.91. The van der Waals surface area contributed by atoms with E-state index in [0.29, 0.717) is 6.54 Å². The highest BCUT2D eigenvalue weighted by Crippen LogP contribution is 2.29. The molecule has 1 saturated heterocycles. The molecule has 94 valence electrons. The van der Waals surface area contributed by atoms with E-state index < -0.39 is 0 Å². The van der Waals surface area contributed by atoms with E-state index in [-0.39, 0.29) is 6.10 Å². The van der Waals surface area contributed by atoms with Gasteiger partial charge in [0, 0.05) is 22.9 Å². The highest BCUT2D eigenvalue weighted by atomic mass is 79.9. The zero-order valence-electron chi connectivity index (χ0n) is 9.88. The van der Waals surface area contributed by atoms with Gasteiger partial charge in [0.25, 0.3) is 0 Å². The molecule has 1 atom stereocenters. The summed E-state index contributed by atoms with van der Waals surface area (Å²) in [5, 5.41) is 10.8. The van der Waals surface area contributed by atoms with Gasteiger partial charge in [-0.2, -0.15) is 0 Å². The number of aliphatic hydroxyl groups is 1. The third kappa shape index (κ3) is 2.08. The lowest BCUT2D eigenvalue weighted by Gasteiger charge is -2.31. The number of hydrogen-bond donors (Lipinski definition) is 1. The van der Waals surface area contributed by atoms with Crippen LogP contribution in [0.5, 0.6) is 0 Å². The zero-order valence-corrected chi connectivity index (χ0v) is 11.5.